The van der Waals surface area contributed by atoms with Gasteiger partial charge in [-0.3, -0.25) is 0 Å². The van der Waals surface area contributed by atoms with Crippen LogP contribution in [0.2, 0.25) is 0 Å². The summed E-state index contributed by atoms with van der Waals surface area (Å²) < 4.78 is 14.5. The van der Waals surface area contributed by atoms with Gasteiger partial charge in [-0.15, -0.1) is 0 Å². The molecule has 6 heteroatoms. The highest BCUT2D eigenvalue weighted by atomic mass is 19.1. The van der Waals surface area contributed by atoms with Crippen LogP contribution < -0.4 is 10.6 Å². The number of halogens is 1. The molecule has 0 unspecified atom stereocenters. The molecule has 0 aliphatic heterocycles. The molecule has 2 N–H and O–H groups in total. The van der Waals surface area contributed by atoms with Crippen molar-refractivity contribution in [2.45, 2.75) is 6.42 Å². The SMILES string of the molecule is N#Cc1cc(Cc2ccc(NC(=O)Nc3ccc4ccccc4c3)c(F)c2)ccn1. The molecule has 0 spiro atoms. The lowest BCUT2D eigenvalue weighted by Crippen LogP contribution is -2.20. The standard InChI is InChI=1S/C24H17FN4O/c25-22-13-16(11-17-9-10-27-21(12-17)15-26)5-8-23(22)29-24(30)28-20-7-6-18-3-1-2-4-19(18)14-20/h1-10,12-14H,11H2,(H2,28,29,30). The monoisotopic (exact) mass is 396 g/mol. The van der Waals surface area contributed by atoms with Gasteiger partial charge in [0.1, 0.15) is 17.6 Å². The van der Waals surface area contributed by atoms with E-state index in [1.807, 2.05) is 42.5 Å². The molecule has 0 aliphatic carbocycles. The van der Waals surface area contributed by atoms with Crippen LogP contribution in [0, 0.1) is 17.1 Å². The lowest BCUT2D eigenvalue weighted by molar-refractivity contribution is 0.262. The number of pyridine rings is 1. The molecule has 0 fully saturated rings. The van der Waals surface area contributed by atoms with Crippen molar-refractivity contribution in [2.24, 2.45) is 0 Å². The first kappa shape index (κ1) is 19.1. The molecular formula is C24H17FN4O. The van der Waals surface area contributed by atoms with E-state index < -0.39 is 11.8 Å². The molecule has 146 valence electrons. The Morgan fingerprint density at radius 3 is 2.53 bits per heavy atom. The fraction of sp³-hybridized carbons (Fsp3) is 0.0417. The maximum Gasteiger partial charge on any atom is 0.323 e. The summed E-state index contributed by atoms with van der Waals surface area (Å²) in [7, 11) is 0. The Morgan fingerprint density at radius 2 is 1.73 bits per heavy atom. The number of fused-ring (bicyclic) bond motifs is 1. The lowest BCUT2D eigenvalue weighted by Gasteiger charge is -2.10. The molecule has 0 saturated carbocycles. The Kier molecular flexibility index (Phi) is 5.35. The molecule has 4 rings (SSSR count). The molecule has 0 aliphatic rings. The number of hydrogen-bond donors (Lipinski definition) is 2. The largest absolute Gasteiger partial charge is 0.323 e. The number of aromatic nitrogens is 1. The summed E-state index contributed by atoms with van der Waals surface area (Å²) in [4.78, 5) is 16.2. The Balaban J connectivity index is 1.43. The molecule has 5 nitrogen and oxygen atoms in total. The number of nitriles is 1. The van der Waals surface area contributed by atoms with Gasteiger partial charge in [-0.2, -0.15) is 5.26 Å². The highest BCUT2D eigenvalue weighted by Crippen LogP contribution is 2.21. The third kappa shape index (κ3) is 4.42. The number of carbonyl (C=O) groups excluding carboxylic acids is 1. The van der Waals surface area contributed by atoms with E-state index in [1.165, 1.54) is 12.1 Å². The topological polar surface area (TPSA) is 77.8 Å². The van der Waals surface area contributed by atoms with Crippen molar-refractivity contribution in [3.63, 3.8) is 0 Å². The quantitative estimate of drug-likeness (QED) is 0.479. The van der Waals surface area contributed by atoms with Gasteiger partial charge in [0, 0.05) is 11.9 Å². The summed E-state index contributed by atoms with van der Waals surface area (Å²) in [6.07, 6.45) is 2.01. The number of urea groups is 1. The van der Waals surface area contributed by atoms with E-state index in [0.29, 0.717) is 17.8 Å². The zero-order chi connectivity index (χ0) is 20.9. The van der Waals surface area contributed by atoms with Crippen molar-refractivity contribution >= 4 is 28.2 Å². The maximum absolute atomic E-state index is 14.5. The fourth-order valence-corrected chi connectivity index (χ4v) is 3.20. The van der Waals surface area contributed by atoms with Gasteiger partial charge < -0.3 is 10.6 Å². The first-order chi connectivity index (χ1) is 14.6. The third-order valence-electron chi connectivity index (χ3n) is 4.64. The van der Waals surface area contributed by atoms with E-state index in [-0.39, 0.29) is 5.69 Å². The van der Waals surface area contributed by atoms with Crippen molar-refractivity contribution < 1.29 is 9.18 Å². The summed E-state index contributed by atoms with van der Waals surface area (Å²) in [6, 6.07) is 22.9. The summed E-state index contributed by atoms with van der Waals surface area (Å²) in [6.45, 7) is 0. The summed E-state index contributed by atoms with van der Waals surface area (Å²) >= 11 is 0. The molecule has 1 heterocycles. The number of hydrogen-bond acceptors (Lipinski definition) is 3. The van der Waals surface area contributed by atoms with Crippen molar-refractivity contribution in [1.82, 2.24) is 4.98 Å². The average molecular weight is 396 g/mol. The fourth-order valence-electron chi connectivity index (χ4n) is 3.20. The second-order valence-electron chi connectivity index (χ2n) is 6.79. The van der Waals surface area contributed by atoms with Crippen LogP contribution in [0.3, 0.4) is 0 Å². The van der Waals surface area contributed by atoms with E-state index >= 15 is 0 Å². The van der Waals surface area contributed by atoms with Crippen LogP contribution in [-0.2, 0) is 6.42 Å². The number of nitrogens with one attached hydrogen (secondary N) is 2. The minimum atomic E-state index is -0.532. The van der Waals surface area contributed by atoms with Crippen molar-refractivity contribution in [3.8, 4) is 6.07 Å². The molecular weight excluding hydrogens is 379 g/mol. The predicted molar refractivity (Wildman–Crippen MR) is 115 cm³/mol. The van der Waals surface area contributed by atoms with Gasteiger partial charge in [0.25, 0.3) is 0 Å². The molecule has 0 atom stereocenters. The highest BCUT2D eigenvalue weighted by molar-refractivity contribution is 6.01. The van der Waals surface area contributed by atoms with Gasteiger partial charge >= 0.3 is 6.03 Å². The Bertz CT molecular complexity index is 1280. The van der Waals surface area contributed by atoms with E-state index in [0.717, 1.165) is 21.9 Å². The van der Waals surface area contributed by atoms with Gasteiger partial charge in [0.05, 0.1) is 5.69 Å². The van der Waals surface area contributed by atoms with Crippen LogP contribution >= 0.6 is 0 Å². The molecule has 4 aromatic rings. The molecule has 30 heavy (non-hydrogen) atoms. The van der Waals surface area contributed by atoms with Crippen molar-refractivity contribution in [1.29, 1.82) is 5.26 Å². The molecule has 3 aromatic carbocycles. The van der Waals surface area contributed by atoms with Gasteiger partial charge in [-0.05, 0) is 64.7 Å². The zero-order valence-electron chi connectivity index (χ0n) is 15.9. The third-order valence-corrected chi connectivity index (χ3v) is 4.64. The summed E-state index contributed by atoms with van der Waals surface area (Å²) in [5, 5.41) is 16.3. The van der Waals surface area contributed by atoms with Crippen LogP contribution in [-0.4, -0.2) is 11.0 Å². The van der Waals surface area contributed by atoms with Crippen LogP contribution in [0.5, 0.6) is 0 Å². The summed E-state index contributed by atoms with van der Waals surface area (Å²) in [5.74, 6) is -0.532. The number of nitrogens with zero attached hydrogens (tertiary/aromatic N) is 2. The number of rotatable bonds is 4. The van der Waals surface area contributed by atoms with E-state index in [2.05, 4.69) is 15.6 Å². The minimum Gasteiger partial charge on any atom is -0.308 e. The zero-order valence-corrected chi connectivity index (χ0v) is 15.9. The van der Waals surface area contributed by atoms with Gasteiger partial charge in [-0.1, -0.05) is 36.4 Å². The smallest absolute Gasteiger partial charge is 0.308 e. The number of amides is 2. The van der Waals surface area contributed by atoms with Crippen LogP contribution in [0.25, 0.3) is 10.8 Å². The first-order valence-corrected chi connectivity index (χ1v) is 9.31. The van der Waals surface area contributed by atoms with Crippen LogP contribution in [0.1, 0.15) is 16.8 Å². The van der Waals surface area contributed by atoms with Crippen molar-refractivity contribution in [2.75, 3.05) is 10.6 Å². The second-order valence-corrected chi connectivity index (χ2v) is 6.79. The Hall–Kier alpha value is -4.24. The molecule has 1 aromatic heterocycles. The lowest BCUT2D eigenvalue weighted by atomic mass is 10.0. The van der Waals surface area contributed by atoms with Gasteiger partial charge in [0.15, 0.2) is 0 Å². The number of anilines is 2. The normalized spacial score (nSPS) is 10.4. The molecule has 2 amide bonds. The van der Waals surface area contributed by atoms with E-state index in [4.69, 9.17) is 5.26 Å². The van der Waals surface area contributed by atoms with Crippen LogP contribution in [0.4, 0.5) is 20.6 Å². The molecule has 0 radical (unpaired) electrons. The molecule has 0 bridgehead atoms. The average Bonchev–Trinajstić information content (AvgIpc) is 2.76. The first-order valence-electron chi connectivity index (χ1n) is 9.31. The minimum absolute atomic E-state index is 0.0875. The second kappa shape index (κ2) is 8.41. The Labute approximate surface area is 172 Å². The predicted octanol–water partition coefficient (Wildman–Crippen LogP) is 5.48. The van der Waals surface area contributed by atoms with Crippen LogP contribution in [0.15, 0.2) is 79.0 Å². The highest BCUT2D eigenvalue weighted by Gasteiger charge is 2.09. The van der Waals surface area contributed by atoms with E-state index in [9.17, 15) is 9.18 Å². The molecule has 0 saturated heterocycles. The maximum atomic E-state index is 14.5. The number of carbonyl (C=O) groups is 1. The van der Waals surface area contributed by atoms with Gasteiger partial charge in [-0.25, -0.2) is 14.2 Å². The number of benzene rings is 3. The van der Waals surface area contributed by atoms with Crippen molar-refractivity contribution in [3.05, 3.63) is 102 Å². The van der Waals surface area contributed by atoms with E-state index in [1.54, 1.807) is 30.5 Å². The van der Waals surface area contributed by atoms with Gasteiger partial charge in [0.2, 0.25) is 0 Å². The summed E-state index contributed by atoms with van der Waals surface area (Å²) in [5.41, 5.74) is 2.61. The Morgan fingerprint density at radius 1 is 0.933 bits per heavy atom.